The van der Waals surface area contributed by atoms with E-state index in [1.165, 1.54) is 7.11 Å². The maximum absolute atomic E-state index is 12.7. The molecule has 0 aromatic heterocycles. The third-order valence-corrected chi connectivity index (χ3v) is 4.35. The lowest BCUT2D eigenvalue weighted by atomic mass is 9.91. The lowest BCUT2D eigenvalue weighted by Gasteiger charge is -2.25. The maximum Gasteiger partial charge on any atom is 0.338 e. The van der Waals surface area contributed by atoms with Crippen molar-refractivity contribution in [2.24, 2.45) is 4.99 Å². The first-order valence-corrected chi connectivity index (χ1v) is 8.50. The van der Waals surface area contributed by atoms with Crippen molar-refractivity contribution in [1.29, 1.82) is 0 Å². The molecule has 0 N–H and O–H groups in total. The van der Waals surface area contributed by atoms with Crippen LogP contribution in [0.5, 0.6) is 0 Å². The van der Waals surface area contributed by atoms with Crippen LogP contribution in [0.1, 0.15) is 23.6 Å². The number of benzene rings is 3. The molecule has 0 fully saturated rings. The van der Waals surface area contributed by atoms with Gasteiger partial charge >= 0.3 is 5.97 Å². The van der Waals surface area contributed by atoms with Gasteiger partial charge in [0.2, 0.25) is 0 Å². The van der Waals surface area contributed by atoms with Gasteiger partial charge in [-0.3, -0.25) is 4.99 Å². The van der Waals surface area contributed by atoms with Crippen LogP contribution in [0.3, 0.4) is 0 Å². The van der Waals surface area contributed by atoms with E-state index in [0.717, 1.165) is 22.4 Å². The Labute approximate surface area is 154 Å². The van der Waals surface area contributed by atoms with Crippen molar-refractivity contribution in [3.63, 3.8) is 0 Å². The van der Waals surface area contributed by atoms with Crippen molar-refractivity contribution in [1.82, 2.24) is 0 Å². The summed E-state index contributed by atoms with van der Waals surface area (Å²) in [6.07, 6.45) is 0. The van der Waals surface area contributed by atoms with Crippen LogP contribution in [0, 0.1) is 0 Å². The van der Waals surface area contributed by atoms with Crippen LogP contribution in [0.25, 0.3) is 0 Å². The van der Waals surface area contributed by atoms with Gasteiger partial charge in [0, 0.05) is 11.1 Å². The number of carbonyl (C=O) groups excluding carboxylic acids is 1. The van der Waals surface area contributed by atoms with E-state index in [9.17, 15) is 4.79 Å². The highest BCUT2D eigenvalue weighted by atomic mass is 16.5. The van der Waals surface area contributed by atoms with Gasteiger partial charge in [0.1, 0.15) is 0 Å². The number of hydrogen-bond donors (Lipinski definition) is 0. The third kappa shape index (κ3) is 3.57. The van der Waals surface area contributed by atoms with Crippen molar-refractivity contribution in [2.75, 3.05) is 7.11 Å². The molecule has 0 aliphatic rings. The number of methoxy groups -OCH3 is 1. The number of nitrogens with zero attached hydrogens (tertiary/aromatic N) is 1. The van der Waals surface area contributed by atoms with E-state index in [1.807, 2.05) is 91.0 Å². The lowest BCUT2D eigenvalue weighted by Crippen LogP contribution is -2.33. The van der Waals surface area contributed by atoms with Crippen molar-refractivity contribution >= 4 is 11.7 Å². The summed E-state index contributed by atoms with van der Waals surface area (Å²) in [6, 6.07) is 29.3. The highest BCUT2D eigenvalue weighted by Crippen LogP contribution is 2.29. The van der Waals surface area contributed by atoms with E-state index < -0.39 is 11.5 Å². The summed E-state index contributed by atoms with van der Waals surface area (Å²) in [5, 5.41) is 0. The molecule has 0 spiro atoms. The van der Waals surface area contributed by atoms with Gasteiger partial charge in [-0.2, -0.15) is 0 Å². The topological polar surface area (TPSA) is 38.7 Å². The lowest BCUT2D eigenvalue weighted by molar-refractivity contribution is -0.146. The molecule has 0 bridgehead atoms. The minimum absolute atomic E-state index is 0.395. The second-order valence-corrected chi connectivity index (χ2v) is 6.12. The minimum atomic E-state index is -1.14. The second kappa shape index (κ2) is 7.79. The summed E-state index contributed by atoms with van der Waals surface area (Å²) in [5.41, 5.74) is 2.30. The standard InChI is InChI=1S/C23H21NO2/c1-23(22(25)26-2,20-16-10-5-11-17-20)24-21(18-12-6-3-7-13-18)19-14-8-4-9-15-19/h3-17H,1-2H3/t23-/m1/s1. The van der Waals surface area contributed by atoms with E-state index in [4.69, 9.17) is 9.73 Å². The number of rotatable bonds is 5. The largest absolute Gasteiger partial charge is 0.467 e. The summed E-state index contributed by atoms with van der Waals surface area (Å²) in [6.45, 7) is 1.79. The highest BCUT2D eigenvalue weighted by Gasteiger charge is 2.36. The van der Waals surface area contributed by atoms with Crippen LogP contribution in [0.4, 0.5) is 0 Å². The van der Waals surface area contributed by atoms with Crippen LogP contribution in [0.2, 0.25) is 0 Å². The predicted molar refractivity (Wildman–Crippen MR) is 104 cm³/mol. The Kier molecular flexibility index (Phi) is 5.28. The van der Waals surface area contributed by atoms with Crippen LogP contribution in [-0.4, -0.2) is 18.8 Å². The Morgan fingerprint density at radius 2 is 1.19 bits per heavy atom. The summed E-state index contributed by atoms with van der Waals surface area (Å²) in [4.78, 5) is 17.6. The average Bonchev–Trinajstić information content (AvgIpc) is 2.73. The molecule has 0 aliphatic heterocycles. The fourth-order valence-corrected chi connectivity index (χ4v) is 2.90. The van der Waals surface area contributed by atoms with Crippen molar-refractivity contribution in [2.45, 2.75) is 12.5 Å². The van der Waals surface area contributed by atoms with Gasteiger partial charge in [-0.25, -0.2) is 4.79 Å². The Hall–Kier alpha value is -3.20. The number of aliphatic imine (C=N–C) groups is 1. The Morgan fingerprint density at radius 3 is 1.62 bits per heavy atom. The molecule has 26 heavy (non-hydrogen) atoms. The molecule has 0 saturated heterocycles. The normalized spacial score (nSPS) is 12.7. The number of carbonyl (C=O) groups is 1. The minimum Gasteiger partial charge on any atom is -0.467 e. The highest BCUT2D eigenvalue weighted by molar-refractivity contribution is 6.13. The van der Waals surface area contributed by atoms with Gasteiger partial charge in [-0.1, -0.05) is 91.0 Å². The predicted octanol–water partition coefficient (Wildman–Crippen LogP) is 4.61. The van der Waals surface area contributed by atoms with Crippen molar-refractivity contribution in [3.8, 4) is 0 Å². The summed E-state index contributed by atoms with van der Waals surface area (Å²) in [5.74, 6) is -0.395. The molecule has 0 radical (unpaired) electrons. The van der Waals surface area contributed by atoms with Gasteiger partial charge in [-0.15, -0.1) is 0 Å². The van der Waals surface area contributed by atoms with E-state index >= 15 is 0 Å². The zero-order valence-electron chi connectivity index (χ0n) is 14.9. The van der Waals surface area contributed by atoms with Gasteiger partial charge in [0.05, 0.1) is 12.8 Å². The first-order valence-electron chi connectivity index (χ1n) is 8.50. The van der Waals surface area contributed by atoms with Crippen molar-refractivity contribution < 1.29 is 9.53 Å². The molecule has 3 heteroatoms. The SMILES string of the molecule is COC(=O)[C@](C)(N=C(c1ccccc1)c1ccccc1)c1ccccc1. The molecule has 1 atom stereocenters. The zero-order valence-corrected chi connectivity index (χ0v) is 14.9. The van der Waals surface area contributed by atoms with E-state index in [-0.39, 0.29) is 0 Å². The Bertz CT molecular complexity index is 848. The van der Waals surface area contributed by atoms with Gasteiger partial charge in [0.15, 0.2) is 5.54 Å². The molecule has 3 aromatic rings. The molecule has 3 nitrogen and oxygen atoms in total. The molecule has 0 unspecified atom stereocenters. The van der Waals surface area contributed by atoms with Crippen LogP contribution < -0.4 is 0 Å². The molecule has 130 valence electrons. The summed E-state index contributed by atoms with van der Waals surface area (Å²) >= 11 is 0. The first kappa shape index (κ1) is 17.6. The average molecular weight is 343 g/mol. The second-order valence-electron chi connectivity index (χ2n) is 6.12. The van der Waals surface area contributed by atoms with Crippen molar-refractivity contribution in [3.05, 3.63) is 108 Å². The third-order valence-electron chi connectivity index (χ3n) is 4.35. The number of hydrogen-bond acceptors (Lipinski definition) is 3. The van der Waals surface area contributed by atoms with Gasteiger partial charge in [-0.05, 0) is 12.5 Å². The van der Waals surface area contributed by atoms with Gasteiger partial charge in [0.25, 0.3) is 0 Å². The maximum atomic E-state index is 12.7. The molecule has 0 saturated carbocycles. The summed E-state index contributed by atoms with van der Waals surface area (Å²) < 4.78 is 5.10. The van der Waals surface area contributed by atoms with E-state index in [2.05, 4.69) is 0 Å². The molecule has 0 heterocycles. The smallest absolute Gasteiger partial charge is 0.338 e. The molecular weight excluding hydrogens is 322 g/mol. The number of ether oxygens (including phenoxy) is 1. The molecule has 3 rings (SSSR count). The monoisotopic (exact) mass is 343 g/mol. The molecule has 0 amide bonds. The molecule has 0 aliphatic carbocycles. The fraction of sp³-hybridized carbons (Fsp3) is 0.130. The van der Waals surface area contributed by atoms with E-state index in [0.29, 0.717) is 0 Å². The van der Waals surface area contributed by atoms with Crippen LogP contribution >= 0.6 is 0 Å². The van der Waals surface area contributed by atoms with Gasteiger partial charge < -0.3 is 4.74 Å². The zero-order chi connectivity index (χ0) is 18.4. The Balaban J connectivity index is 2.23. The quantitative estimate of drug-likeness (QED) is 0.501. The summed E-state index contributed by atoms with van der Waals surface area (Å²) in [7, 11) is 1.39. The van der Waals surface area contributed by atoms with E-state index in [1.54, 1.807) is 6.92 Å². The van der Waals surface area contributed by atoms with Crippen LogP contribution in [0.15, 0.2) is 96.0 Å². The molecule has 3 aromatic carbocycles. The van der Waals surface area contributed by atoms with Crippen LogP contribution in [-0.2, 0) is 15.1 Å². The fourth-order valence-electron chi connectivity index (χ4n) is 2.90. The first-order chi connectivity index (χ1) is 12.6. The number of esters is 1. The Morgan fingerprint density at radius 1 is 0.769 bits per heavy atom. The molecular formula is C23H21NO2.